The molecule has 0 aromatic heterocycles. The lowest BCUT2D eigenvalue weighted by Gasteiger charge is -2.32. The zero-order valence-corrected chi connectivity index (χ0v) is 11.6. The van der Waals surface area contributed by atoms with E-state index in [2.05, 4.69) is 10.3 Å². The van der Waals surface area contributed by atoms with Gasteiger partial charge in [-0.3, -0.25) is 9.59 Å². The van der Waals surface area contributed by atoms with Crippen LogP contribution in [-0.2, 0) is 9.59 Å². The van der Waals surface area contributed by atoms with Crippen molar-refractivity contribution in [1.82, 2.24) is 5.32 Å². The molecule has 0 saturated heterocycles. The number of carbonyl (C=O) groups excluding carboxylic acids is 2. The maximum atomic E-state index is 12.4. The number of rotatable bonds is 3. The monoisotopic (exact) mass is 265 g/mol. The highest BCUT2D eigenvalue weighted by atomic mass is 16.2. The molecular weight excluding hydrogens is 242 g/mol. The molecular formula is C14H23N3O2. The summed E-state index contributed by atoms with van der Waals surface area (Å²) in [5, 5.41) is 2.81. The number of carbonyl (C=O) groups is 2. The molecule has 1 spiro atoms. The predicted octanol–water partition coefficient (Wildman–Crippen LogP) is 1.51. The number of nitrogens with two attached hydrogens (primary N) is 1. The fraction of sp³-hybridized carbons (Fsp3) is 0.786. The van der Waals surface area contributed by atoms with Crippen molar-refractivity contribution in [3.63, 3.8) is 0 Å². The molecule has 2 aliphatic rings. The lowest BCUT2D eigenvalue weighted by molar-refractivity contribution is -0.142. The number of amidine groups is 1. The van der Waals surface area contributed by atoms with Crippen molar-refractivity contribution in [2.75, 3.05) is 0 Å². The summed E-state index contributed by atoms with van der Waals surface area (Å²) in [7, 11) is 0. The van der Waals surface area contributed by atoms with Gasteiger partial charge in [-0.05, 0) is 19.3 Å². The summed E-state index contributed by atoms with van der Waals surface area (Å²) in [5.74, 6) is 0.0309. The number of nitrogens with zero attached hydrogens (tertiary/aromatic N) is 1. The molecule has 0 bridgehead atoms. The second kappa shape index (κ2) is 5.82. The van der Waals surface area contributed by atoms with E-state index in [1.54, 1.807) is 0 Å². The lowest BCUT2D eigenvalue weighted by atomic mass is 9.77. The van der Waals surface area contributed by atoms with E-state index < -0.39 is 5.41 Å². The number of amides is 2. The molecule has 1 fully saturated rings. The Hall–Kier alpha value is -1.23. The maximum Gasteiger partial charge on any atom is 0.263 e. The van der Waals surface area contributed by atoms with Crippen LogP contribution in [0.25, 0.3) is 0 Å². The number of hydrogen-bond donors (Lipinski definition) is 2. The van der Waals surface area contributed by atoms with Crippen molar-refractivity contribution >= 4 is 17.6 Å². The summed E-state index contributed by atoms with van der Waals surface area (Å²) >= 11 is 0. The van der Waals surface area contributed by atoms with Crippen molar-refractivity contribution in [1.29, 1.82) is 0 Å². The van der Waals surface area contributed by atoms with E-state index in [-0.39, 0.29) is 17.9 Å². The summed E-state index contributed by atoms with van der Waals surface area (Å²) in [4.78, 5) is 28.8. The molecule has 0 aromatic carbocycles. The van der Waals surface area contributed by atoms with Crippen LogP contribution < -0.4 is 11.1 Å². The van der Waals surface area contributed by atoms with E-state index in [1.165, 1.54) is 0 Å². The summed E-state index contributed by atoms with van der Waals surface area (Å²) in [5.41, 5.74) is 4.95. The molecule has 0 aromatic rings. The normalized spacial score (nSPS) is 24.6. The molecule has 1 aliphatic carbocycles. The standard InChI is InChI=1S/C14H23N3O2/c1-2-10(15)9-11-16-12(18)14(13(19)17-11)7-5-3-4-6-8-14/h10H,2-9,15H2,1H3,(H,16,17,18,19). The Morgan fingerprint density at radius 2 is 1.89 bits per heavy atom. The Balaban J connectivity index is 2.17. The van der Waals surface area contributed by atoms with Crippen molar-refractivity contribution in [2.45, 2.75) is 64.3 Å². The Labute approximate surface area is 114 Å². The minimum Gasteiger partial charge on any atom is -0.327 e. The van der Waals surface area contributed by atoms with Crippen LogP contribution in [0, 0.1) is 5.41 Å². The lowest BCUT2D eigenvalue weighted by Crippen LogP contribution is -2.53. The topological polar surface area (TPSA) is 84.5 Å². The van der Waals surface area contributed by atoms with Gasteiger partial charge in [-0.15, -0.1) is 0 Å². The minimum atomic E-state index is -0.893. The number of hydrogen-bond acceptors (Lipinski definition) is 3. The van der Waals surface area contributed by atoms with Crippen LogP contribution in [-0.4, -0.2) is 23.7 Å². The van der Waals surface area contributed by atoms with Gasteiger partial charge in [-0.25, -0.2) is 0 Å². The van der Waals surface area contributed by atoms with Gasteiger partial charge in [0.2, 0.25) is 5.91 Å². The average Bonchev–Trinajstić information content (AvgIpc) is 2.63. The fourth-order valence-corrected chi connectivity index (χ4v) is 2.87. The first-order chi connectivity index (χ1) is 9.08. The van der Waals surface area contributed by atoms with Crippen molar-refractivity contribution < 1.29 is 9.59 Å². The van der Waals surface area contributed by atoms with Crippen LogP contribution in [0.4, 0.5) is 0 Å². The smallest absolute Gasteiger partial charge is 0.263 e. The summed E-state index contributed by atoms with van der Waals surface area (Å²) < 4.78 is 0. The zero-order valence-electron chi connectivity index (χ0n) is 11.6. The third-order valence-electron chi connectivity index (χ3n) is 4.28. The van der Waals surface area contributed by atoms with E-state index in [9.17, 15) is 9.59 Å². The molecule has 2 rings (SSSR count). The SMILES string of the molecule is CCC(N)CC1=NC(=O)C2(CCCCCC2)C(=O)N1. The average molecular weight is 265 g/mol. The molecule has 1 saturated carbocycles. The van der Waals surface area contributed by atoms with Gasteiger partial charge in [-0.2, -0.15) is 4.99 Å². The van der Waals surface area contributed by atoms with E-state index in [0.717, 1.165) is 32.1 Å². The van der Waals surface area contributed by atoms with Crippen LogP contribution in [0.1, 0.15) is 58.3 Å². The Morgan fingerprint density at radius 3 is 2.42 bits per heavy atom. The van der Waals surface area contributed by atoms with Crippen LogP contribution in [0.2, 0.25) is 0 Å². The van der Waals surface area contributed by atoms with Crippen molar-refractivity contribution in [3.05, 3.63) is 0 Å². The predicted molar refractivity (Wildman–Crippen MR) is 73.6 cm³/mol. The van der Waals surface area contributed by atoms with Crippen LogP contribution in [0.3, 0.4) is 0 Å². The zero-order chi connectivity index (χ0) is 13.9. The van der Waals surface area contributed by atoms with Gasteiger partial charge in [-0.1, -0.05) is 32.6 Å². The van der Waals surface area contributed by atoms with E-state index >= 15 is 0 Å². The molecule has 1 heterocycles. The molecule has 5 nitrogen and oxygen atoms in total. The molecule has 0 radical (unpaired) electrons. The number of nitrogens with one attached hydrogen (secondary N) is 1. The Kier molecular flexibility index (Phi) is 4.34. The molecule has 5 heteroatoms. The summed E-state index contributed by atoms with van der Waals surface area (Å²) in [6.45, 7) is 1.98. The minimum absolute atomic E-state index is 0.0602. The van der Waals surface area contributed by atoms with Gasteiger partial charge in [0.15, 0.2) is 0 Å². The molecule has 2 amide bonds. The van der Waals surface area contributed by atoms with Crippen LogP contribution >= 0.6 is 0 Å². The first kappa shape index (κ1) is 14.2. The van der Waals surface area contributed by atoms with Crippen molar-refractivity contribution in [3.8, 4) is 0 Å². The summed E-state index contributed by atoms with van der Waals surface area (Å²) in [6, 6.07) is -0.0602. The third-order valence-corrected chi connectivity index (χ3v) is 4.28. The molecule has 19 heavy (non-hydrogen) atoms. The molecule has 1 atom stereocenters. The van der Waals surface area contributed by atoms with Gasteiger partial charge in [0.1, 0.15) is 11.3 Å². The Morgan fingerprint density at radius 1 is 1.26 bits per heavy atom. The molecule has 1 unspecified atom stereocenters. The fourth-order valence-electron chi connectivity index (χ4n) is 2.87. The Bertz CT molecular complexity index is 395. The van der Waals surface area contributed by atoms with Gasteiger partial charge < -0.3 is 11.1 Å². The quantitative estimate of drug-likeness (QED) is 0.758. The first-order valence-electron chi connectivity index (χ1n) is 7.27. The number of aliphatic imine (C=N–C) groups is 1. The summed E-state index contributed by atoms with van der Waals surface area (Å²) in [6.07, 6.45) is 6.58. The van der Waals surface area contributed by atoms with E-state index in [4.69, 9.17) is 5.73 Å². The highest BCUT2D eigenvalue weighted by molar-refractivity contribution is 6.18. The van der Waals surface area contributed by atoms with Crippen molar-refractivity contribution in [2.24, 2.45) is 16.1 Å². The van der Waals surface area contributed by atoms with E-state index in [1.807, 2.05) is 6.92 Å². The molecule has 1 aliphatic heterocycles. The third kappa shape index (κ3) is 2.86. The first-order valence-corrected chi connectivity index (χ1v) is 7.27. The molecule has 3 N–H and O–H groups in total. The van der Waals surface area contributed by atoms with E-state index in [0.29, 0.717) is 25.1 Å². The van der Waals surface area contributed by atoms with Crippen LogP contribution in [0.5, 0.6) is 0 Å². The van der Waals surface area contributed by atoms with Gasteiger partial charge in [0, 0.05) is 12.5 Å². The largest absolute Gasteiger partial charge is 0.327 e. The van der Waals surface area contributed by atoms with Gasteiger partial charge >= 0.3 is 0 Å². The maximum absolute atomic E-state index is 12.4. The highest BCUT2D eigenvalue weighted by Gasteiger charge is 2.48. The van der Waals surface area contributed by atoms with Gasteiger partial charge in [0.25, 0.3) is 5.91 Å². The molecule has 106 valence electrons. The van der Waals surface area contributed by atoms with Gasteiger partial charge in [0.05, 0.1) is 0 Å². The van der Waals surface area contributed by atoms with Crippen LogP contribution in [0.15, 0.2) is 4.99 Å². The second-order valence-corrected chi connectivity index (χ2v) is 5.69. The second-order valence-electron chi connectivity index (χ2n) is 5.69. The highest BCUT2D eigenvalue weighted by Crippen LogP contribution is 2.38.